The smallest absolute Gasteiger partial charge is 0.156 e. The second-order valence-electron chi connectivity index (χ2n) is 5.67. The van der Waals surface area contributed by atoms with Gasteiger partial charge in [0.05, 0.1) is 0 Å². The first-order chi connectivity index (χ1) is 8.72. The molecule has 0 amide bonds. The lowest BCUT2D eigenvalue weighted by atomic mass is 10.0. The fraction of sp³-hybridized carbons (Fsp3) is 0.933. The molecule has 0 aromatic carbocycles. The second kappa shape index (κ2) is 9.71. The molecule has 1 aliphatic rings. The van der Waals surface area contributed by atoms with E-state index in [1.54, 1.807) is 0 Å². The summed E-state index contributed by atoms with van der Waals surface area (Å²) in [6.45, 7) is 7.87. The summed E-state index contributed by atoms with van der Waals surface area (Å²) in [7, 11) is 0. The number of nitrogens with zero attached hydrogens (tertiary/aromatic N) is 1. The molecule has 1 rings (SSSR count). The highest BCUT2D eigenvalue weighted by atomic mass is 32.2. The fourth-order valence-electron chi connectivity index (χ4n) is 2.18. The van der Waals surface area contributed by atoms with Crippen LogP contribution >= 0.6 is 11.8 Å². The van der Waals surface area contributed by atoms with Gasteiger partial charge in [-0.1, -0.05) is 58.2 Å². The number of aliphatic imine (C=N–C) groups is 1. The number of amidine groups is 1. The Morgan fingerprint density at radius 3 is 2.78 bits per heavy atom. The van der Waals surface area contributed by atoms with Crippen molar-refractivity contribution in [3.8, 4) is 0 Å². The molecular weight excluding hydrogens is 240 g/mol. The third kappa shape index (κ3) is 7.30. The van der Waals surface area contributed by atoms with E-state index in [1.165, 1.54) is 55.9 Å². The van der Waals surface area contributed by atoms with E-state index in [1.807, 2.05) is 11.8 Å². The Morgan fingerprint density at radius 1 is 1.28 bits per heavy atom. The molecule has 1 N–H and O–H groups in total. The molecule has 1 fully saturated rings. The number of thioether (sulfide) groups is 1. The summed E-state index contributed by atoms with van der Waals surface area (Å²) in [4.78, 5) is 4.68. The van der Waals surface area contributed by atoms with Crippen LogP contribution in [-0.2, 0) is 0 Å². The first-order valence-electron chi connectivity index (χ1n) is 7.66. The Balaban J connectivity index is 2.02. The molecule has 0 aliphatic carbocycles. The molecule has 3 heteroatoms. The first-order valence-corrected chi connectivity index (χ1v) is 8.64. The monoisotopic (exact) mass is 270 g/mol. The van der Waals surface area contributed by atoms with Gasteiger partial charge in [-0.3, -0.25) is 4.99 Å². The largest absolute Gasteiger partial charge is 0.362 e. The van der Waals surface area contributed by atoms with E-state index >= 15 is 0 Å². The molecule has 0 bridgehead atoms. The zero-order valence-corrected chi connectivity index (χ0v) is 13.2. The minimum Gasteiger partial charge on any atom is -0.362 e. The zero-order chi connectivity index (χ0) is 13.2. The van der Waals surface area contributed by atoms with Gasteiger partial charge >= 0.3 is 0 Å². The van der Waals surface area contributed by atoms with Crippen molar-refractivity contribution in [1.29, 1.82) is 0 Å². The predicted molar refractivity (Wildman–Crippen MR) is 84.5 cm³/mol. The Bertz CT molecular complexity index is 239. The molecule has 18 heavy (non-hydrogen) atoms. The molecule has 1 aliphatic heterocycles. The molecule has 0 saturated carbocycles. The summed E-state index contributed by atoms with van der Waals surface area (Å²) in [6, 6.07) is 0.663. The highest BCUT2D eigenvalue weighted by Crippen LogP contribution is 2.16. The lowest BCUT2D eigenvalue weighted by molar-refractivity contribution is 0.521. The first kappa shape index (κ1) is 15.9. The van der Waals surface area contributed by atoms with E-state index < -0.39 is 0 Å². The third-order valence-electron chi connectivity index (χ3n) is 3.47. The maximum absolute atomic E-state index is 4.68. The molecular formula is C15H30N2S. The summed E-state index contributed by atoms with van der Waals surface area (Å²) in [5.74, 6) is 2.10. The van der Waals surface area contributed by atoms with Crippen molar-refractivity contribution in [1.82, 2.24) is 5.32 Å². The quantitative estimate of drug-likeness (QED) is 0.659. The van der Waals surface area contributed by atoms with Crippen molar-refractivity contribution in [2.75, 3.05) is 12.3 Å². The number of rotatable bonds is 8. The Labute approximate surface area is 117 Å². The highest BCUT2D eigenvalue weighted by Gasteiger charge is 2.14. The zero-order valence-electron chi connectivity index (χ0n) is 12.4. The molecule has 1 heterocycles. The number of hydrogen-bond acceptors (Lipinski definition) is 2. The standard InChI is InChI=1S/C15H30N2S/c1-4-14-10-12-18-15(17-14)16-11-8-6-5-7-9-13(2)3/h13-14H,4-12H2,1-3H3,(H,16,17). The topological polar surface area (TPSA) is 24.4 Å². The van der Waals surface area contributed by atoms with E-state index in [0.717, 1.165) is 12.5 Å². The predicted octanol–water partition coefficient (Wildman–Crippen LogP) is 4.45. The minimum absolute atomic E-state index is 0.663. The van der Waals surface area contributed by atoms with Gasteiger partial charge in [-0.15, -0.1) is 0 Å². The van der Waals surface area contributed by atoms with Crippen LogP contribution in [0.25, 0.3) is 0 Å². The van der Waals surface area contributed by atoms with Gasteiger partial charge in [0.1, 0.15) is 0 Å². The summed E-state index contributed by atoms with van der Waals surface area (Å²) in [5, 5.41) is 4.72. The van der Waals surface area contributed by atoms with Crippen LogP contribution in [-0.4, -0.2) is 23.5 Å². The molecule has 0 aromatic rings. The average Bonchev–Trinajstić information content (AvgIpc) is 2.37. The Kier molecular flexibility index (Phi) is 8.57. The van der Waals surface area contributed by atoms with Gasteiger partial charge in [-0.05, 0) is 25.2 Å². The van der Waals surface area contributed by atoms with Crippen molar-refractivity contribution in [3.63, 3.8) is 0 Å². The van der Waals surface area contributed by atoms with Gasteiger partial charge < -0.3 is 5.32 Å². The number of nitrogens with one attached hydrogen (secondary N) is 1. The maximum Gasteiger partial charge on any atom is 0.156 e. The van der Waals surface area contributed by atoms with Gasteiger partial charge in [0, 0.05) is 18.3 Å². The molecule has 0 aromatic heterocycles. The highest BCUT2D eigenvalue weighted by molar-refractivity contribution is 8.13. The Hall–Kier alpha value is -0.180. The second-order valence-corrected chi connectivity index (χ2v) is 6.75. The van der Waals surface area contributed by atoms with Gasteiger partial charge in [0.25, 0.3) is 0 Å². The van der Waals surface area contributed by atoms with Crippen LogP contribution in [0, 0.1) is 5.92 Å². The van der Waals surface area contributed by atoms with Crippen LogP contribution in [0.4, 0.5) is 0 Å². The average molecular weight is 270 g/mol. The van der Waals surface area contributed by atoms with Gasteiger partial charge in [-0.2, -0.15) is 0 Å². The van der Waals surface area contributed by atoms with Gasteiger partial charge in [0.2, 0.25) is 0 Å². The van der Waals surface area contributed by atoms with Gasteiger partial charge in [0.15, 0.2) is 5.17 Å². The number of hydrogen-bond donors (Lipinski definition) is 1. The van der Waals surface area contributed by atoms with Gasteiger partial charge in [-0.25, -0.2) is 0 Å². The van der Waals surface area contributed by atoms with Crippen molar-refractivity contribution >= 4 is 16.9 Å². The van der Waals surface area contributed by atoms with E-state index in [9.17, 15) is 0 Å². The van der Waals surface area contributed by atoms with Crippen LogP contribution < -0.4 is 5.32 Å². The summed E-state index contributed by atoms with van der Waals surface area (Å²) in [6.07, 6.45) is 9.24. The van der Waals surface area contributed by atoms with E-state index in [4.69, 9.17) is 0 Å². The van der Waals surface area contributed by atoms with Crippen molar-refractivity contribution in [2.24, 2.45) is 10.9 Å². The SMILES string of the molecule is CCC1CCSC(=NCCCCCCC(C)C)N1. The van der Waals surface area contributed by atoms with Crippen molar-refractivity contribution in [3.05, 3.63) is 0 Å². The van der Waals surface area contributed by atoms with E-state index in [2.05, 4.69) is 31.1 Å². The minimum atomic E-state index is 0.663. The lowest BCUT2D eigenvalue weighted by Crippen LogP contribution is -2.37. The number of unbranched alkanes of at least 4 members (excludes halogenated alkanes) is 3. The van der Waals surface area contributed by atoms with Crippen molar-refractivity contribution < 1.29 is 0 Å². The summed E-state index contributed by atoms with van der Waals surface area (Å²) < 4.78 is 0. The molecule has 0 spiro atoms. The summed E-state index contributed by atoms with van der Waals surface area (Å²) >= 11 is 1.89. The van der Waals surface area contributed by atoms with Crippen LogP contribution in [0.1, 0.15) is 65.7 Å². The van der Waals surface area contributed by atoms with Crippen LogP contribution in [0.15, 0.2) is 4.99 Å². The Morgan fingerprint density at radius 2 is 2.06 bits per heavy atom. The van der Waals surface area contributed by atoms with Crippen LogP contribution in [0.3, 0.4) is 0 Å². The maximum atomic E-state index is 4.68. The van der Waals surface area contributed by atoms with Crippen LogP contribution in [0.5, 0.6) is 0 Å². The molecule has 106 valence electrons. The molecule has 1 unspecified atom stereocenters. The fourth-order valence-corrected chi connectivity index (χ4v) is 3.21. The normalized spacial score (nSPS) is 22.4. The third-order valence-corrected chi connectivity index (χ3v) is 4.43. The lowest BCUT2D eigenvalue weighted by Gasteiger charge is -2.24. The summed E-state index contributed by atoms with van der Waals surface area (Å²) in [5.41, 5.74) is 0. The molecule has 1 saturated heterocycles. The molecule has 2 nitrogen and oxygen atoms in total. The molecule has 1 atom stereocenters. The van der Waals surface area contributed by atoms with Crippen LogP contribution in [0.2, 0.25) is 0 Å². The van der Waals surface area contributed by atoms with Crippen molar-refractivity contribution in [2.45, 2.75) is 71.8 Å². The van der Waals surface area contributed by atoms with E-state index in [-0.39, 0.29) is 0 Å². The van der Waals surface area contributed by atoms with E-state index in [0.29, 0.717) is 6.04 Å². The molecule has 0 radical (unpaired) electrons.